The molecular formula is C14H22N2S. The van der Waals surface area contributed by atoms with E-state index in [1.165, 1.54) is 16.9 Å². The molecule has 1 aromatic rings. The fourth-order valence-corrected chi connectivity index (χ4v) is 2.72. The molecule has 1 aliphatic rings. The van der Waals surface area contributed by atoms with E-state index < -0.39 is 0 Å². The Hall–Kier alpha value is -0.510. The van der Waals surface area contributed by atoms with Gasteiger partial charge in [-0.05, 0) is 44.2 Å². The Balaban J connectivity index is 1.82. The smallest absolute Gasteiger partial charge is 0.0213 e. The Bertz CT molecular complexity index is 359. The van der Waals surface area contributed by atoms with Gasteiger partial charge in [-0.15, -0.1) is 11.8 Å². The summed E-state index contributed by atoms with van der Waals surface area (Å²) in [6.07, 6.45) is 3.31. The summed E-state index contributed by atoms with van der Waals surface area (Å²) in [5.41, 5.74) is 1.66. The van der Waals surface area contributed by atoms with Gasteiger partial charge >= 0.3 is 0 Å². The van der Waals surface area contributed by atoms with Crippen LogP contribution in [0, 0.1) is 0 Å². The SMILES string of the molecule is CSc1ccc(CNC2CNC(C)(C)C2)cc1. The molecule has 1 atom stereocenters. The lowest BCUT2D eigenvalue weighted by molar-refractivity contribution is 0.442. The van der Waals surface area contributed by atoms with Gasteiger partial charge < -0.3 is 10.6 Å². The lowest BCUT2D eigenvalue weighted by Gasteiger charge is -2.17. The number of rotatable bonds is 4. The van der Waals surface area contributed by atoms with Crippen molar-refractivity contribution in [1.82, 2.24) is 10.6 Å². The number of hydrogen-bond donors (Lipinski definition) is 2. The number of thioether (sulfide) groups is 1. The molecular weight excluding hydrogens is 228 g/mol. The fraction of sp³-hybridized carbons (Fsp3) is 0.571. The van der Waals surface area contributed by atoms with Gasteiger partial charge in [-0.1, -0.05) is 12.1 Å². The molecule has 3 heteroatoms. The molecule has 0 bridgehead atoms. The van der Waals surface area contributed by atoms with Crippen LogP contribution in [0.15, 0.2) is 29.2 Å². The zero-order chi connectivity index (χ0) is 12.3. The molecule has 0 spiro atoms. The minimum absolute atomic E-state index is 0.292. The molecule has 1 aromatic carbocycles. The van der Waals surface area contributed by atoms with Crippen LogP contribution >= 0.6 is 11.8 Å². The van der Waals surface area contributed by atoms with E-state index in [4.69, 9.17) is 0 Å². The van der Waals surface area contributed by atoms with Crippen molar-refractivity contribution in [2.24, 2.45) is 0 Å². The molecule has 0 radical (unpaired) electrons. The van der Waals surface area contributed by atoms with Crippen molar-refractivity contribution in [3.8, 4) is 0 Å². The maximum atomic E-state index is 3.62. The summed E-state index contributed by atoms with van der Waals surface area (Å²) >= 11 is 1.79. The molecule has 0 saturated carbocycles. The van der Waals surface area contributed by atoms with Gasteiger partial charge in [0.2, 0.25) is 0 Å². The highest BCUT2D eigenvalue weighted by molar-refractivity contribution is 7.98. The van der Waals surface area contributed by atoms with Gasteiger partial charge in [-0.2, -0.15) is 0 Å². The molecule has 94 valence electrons. The predicted molar refractivity (Wildman–Crippen MR) is 75.5 cm³/mol. The summed E-state index contributed by atoms with van der Waals surface area (Å²) in [5.74, 6) is 0. The van der Waals surface area contributed by atoms with Gasteiger partial charge in [0.1, 0.15) is 0 Å². The van der Waals surface area contributed by atoms with Crippen LogP contribution in [0.4, 0.5) is 0 Å². The summed E-state index contributed by atoms with van der Waals surface area (Å²) < 4.78 is 0. The van der Waals surface area contributed by atoms with E-state index in [1.54, 1.807) is 11.8 Å². The topological polar surface area (TPSA) is 24.1 Å². The van der Waals surface area contributed by atoms with E-state index in [2.05, 4.69) is 55.0 Å². The molecule has 0 aliphatic carbocycles. The second-order valence-electron chi connectivity index (χ2n) is 5.39. The van der Waals surface area contributed by atoms with E-state index >= 15 is 0 Å². The third-order valence-corrected chi connectivity index (χ3v) is 4.08. The fourth-order valence-electron chi connectivity index (χ4n) is 2.31. The molecule has 1 aliphatic heterocycles. The molecule has 1 fully saturated rings. The average Bonchev–Trinajstić information content (AvgIpc) is 2.67. The lowest BCUT2D eigenvalue weighted by atomic mass is 10.0. The summed E-state index contributed by atoms with van der Waals surface area (Å²) in [5, 5.41) is 7.16. The van der Waals surface area contributed by atoms with E-state index in [9.17, 15) is 0 Å². The average molecular weight is 250 g/mol. The summed E-state index contributed by atoms with van der Waals surface area (Å²) in [7, 11) is 0. The molecule has 1 saturated heterocycles. The number of hydrogen-bond acceptors (Lipinski definition) is 3. The monoisotopic (exact) mass is 250 g/mol. The number of benzene rings is 1. The maximum Gasteiger partial charge on any atom is 0.0213 e. The normalized spacial score (nSPS) is 22.9. The molecule has 2 rings (SSSR count). The van der Waals surface area contributed by atoms with E-state index in [0.29, 0.717) is 11.6 Å². The highest BCUT2D eigenvalue weighted by Crippen LogP contribution is 2.19. The molecule has 2 N–H and O–H groups in total. The van der Waals surface area contributed by atoms with Gasteiger partial charge in [0.15, 0.2) is 0 Å². The molecule has 0 amide bonds. The Morgan fingerprint density at radius 3 is 2.59 bits per heavy atom. The maximum absolute atomic E-state index is 3.62. The van der Waals surface area contributed by atoms with Gasteiger partial charge in [-0.3, -0.25) is 0 Å². The zero-order valence-electron chi connectivity index (χ0n) is 10.9. The first-order chi connectivity index (χ1) is 8.09. The summed E-state index contributed by atoms with van der Waals surface area (Å²) in [6.45, 7) is 6.58. The minimum atomic E-state index is 0.292. The van der Waals surface area contributed by atoms with Crippen molar-refractivity contribution in [2.45, 2.75) is 43.3 Å². The highest BCUT2D eigenvalue weighted by atomic mass is 32.2. The van der Waals surface area contributed by atoms with Crippen molar-refractivity contribution in [3.05, 3.63) is 29.8 Å². The van der Waals surface area contributed by atoms with Crippen molar-refractivity contribution in [1.29, 1.82) is 0 Å². The van der Waals surface area contributed by atoms with Crippen LogP contribution in [-0.4, -0.2) is 24.4 Å². The number of nitrogens with one attached hydrogen (secondary N) is 2. The first kappa shape index (κ1) is 12.9. The van der Waals surface area contributed by atoms with Crippen molar-refractivity contribution < 1.29 is 0 Å². The van der Waals surface area contributed by atoms with Gasteiger partial charge in [-0.25, -0.2) is 0 Å². The Labute approximate surface area is 109 Å². The van der Waals surface area contributed by atoms with Crippen LogP contribution in [0.5, 0.6) is 0 Å². The third kappa shape index (κ3) is 3.73. The second kappa shape index (κ2) is 5.42. The van der Waals surface area contributed by atoms with Crippen molar-refractivity contribution in [2.75, 3.05) is 12.8 Å². The first-order valence-electron chi connectivity index (χ1n) is 6.20. The van der Waals surface area contributed by atoms with Gasteiger partial charge in [0.25, 0.3) is 0 Å². The summed E-state index contributed by atoms with van der Waals surface area (Å²) in [6, 6.07) is 9.42. The van der Waals surface area contributed by atoms with Crippen molar-refractivity contribution >= 4 is 11.8 Å². The predicted octanol–water partition coefficient (Wildman–Crippen LogP) is 2.64. The zero-order valence-corrected chi connectivity index (χ0v) is 11.7. The quantitative estimate of drug-likeness (QED) is 0.803. The highest BCUT2D eigenvalue weighted by Gasteiger charge is 2.29. The van der Waals surface area contributed by atoms with Crippen LogP contribution in [-0.2, 0) is 6.54 Å². The Kier molecular flexibility index (Phi) is 4.13. The largest absolute Gasteiger partial charge is 0.310 e. The van der Waals surface area contributed by atoms with Gasteiger partial charge in [0, 0.05) is 29.6 Å². The van der Waals surface area contributed by atoms with E-state index in [1.807, 2.05) is 0 Å². The van der Waals surface area contributed by atoms with Crippen LogP contribution in [0.1, 0.15) is 25.8 Å². The van der Waals surface area contributed by atoms with Crippen LogP contribution in [0.3, 0.4) is 0 Å². The second-order valence-corrected chi connectivity index (χ2v) is 6.27. The van der Waals surface area contributed by atoms with Crippen LogP contribution in [0.2, 0.25) is 0 Å². The van der Waals surface area contributed by atoms with Crippen LogP contribution < -0.4 is 10.6 Å². The van der Waals surface area contributed by atoms with Gasteiger partial charge in [0.05, 0.1) is 0 Å². The first-order valence-corrected chi connectivity index (χ1v) is 7.43. The summed E-state index contributed by atoms with van der Waals surface area (Å²) in [4.78, 5) is 1.33. The third-order valence-electron chi connectivity index (χ3n) is 3.34. The molecule has 1 heterocycles. The molecule has 1 unspecified atom stereocenters. The van der Waals surface area contributed by atoms with Crippen LogP contribution in [0.25, 0.3) is 0 Å². The molecule has 0 aromatic heterocycles. The molecule has 2 nitrogen and oxygen atoms in total. The minimum Gasteiger partial charge on any atom is -0.310 e. The Morgan fingerprint density at radius 1 is 1.35 bits per heavy atom. The standard InChI is InChI=1S/C14H22N2S/c1-14(2)8-12(10-16-14)15-9-11-4-6-13(17-3)7-5-11/h4-7,12,15-16H,8-10H2,1-3H3. The lowest BCUT2D eigenvalue weighted by Crippen LogP contribution is -2.31. The van der Waals surface area contributed by atoms with E-state index in [-0.39, 0.29) is 0 Å². The van der Waals surface area contributed by atoms with Crippen molar-refractivity contribution in [3.63, 3.8) is 0 Å². The van der Waals surface area contributed by atoms with E-state index in [0.717, 1.165) is 13.1 Å². The molecule has 17 heavy (non-hydrogen) atoms. The Morgan fingerprint density at radius 2 is 2.06 bits per heavy atom.